The second kappa shape index (κ2) is 6.80. The van der Waals surface area contributed by atoms with E-state index in [9.17, 15) is 0 Å². The Bertz CT molecular complexity index is 577. The number of hydrogen-bond acceptors (Lipinski definition) is 3. The molecule has 0 aliphatic heterocycles. The van der Waals surface area contributed by atoms with Crippen LogP contribution < -0.4 is 11.5 Å². The lowest BCUT2D eigenvalue weighted by molar-refractivity contribution is 1.23. The van der Waals surface area contributed by atoms with Gasteiger partial charge in [-0.15, -0.1) is 0 Å². The van der Waals surface area contributed by atoms with E-state index in [1.165, 1.54) is 6.21 Å². The summed E-state index contributed by atoms with van der Waals surface area (Å²) in [6.45, 7) is 1.75. The molecule has 7 heteroatoms. The highest BCUT2D eigenvalue weighted by Crippen LogP contribution is 2.34. The second-order valence-electron chi connectivity index (χ2n) is 3.68. The fourth-order valence-electron chi connectivity index (χ4n) is 1.35. The maximum absolute atomic E-state index is 6.12. The van der Waals surface area contributed by atoms with Gasteiger partial charge in [-0.3, -0.25) is 4.99 Å². The standard InChI is InChI=1S/C12H13Cl3N4/c1-6(12(17)19-10(16)5-18-2)8-3-7(13)4-9(14)11(8)15/h3-5H,17H2,1-2H3,(H2,16,19)/b12-6+,18-5+. The van der Waals surface area contributed by atoms with Gasteiger partial charge in [0.2, 0.25) is 0 Å². The van der Waals surface area contributed by atoms with Crippen LogP contribution in [0, 0.1) is 0 Å². The van der Waals surface area contributed by atoms with Gasteiger partial charge in [-0.2, -0.15) is 0 Å². The van der Waals surface area contributed by atoms with E-state index in [2.05, 4.69) is 9.98 Å². The van der Waals surface area contributed by atoms with Crippen LogP contribution in [-0.2, 0) is 0 Å². The van der Waals surface area contributed by atoms with Crippen molar-refractivity contribution in [2.45, 2.75) is 6.92 Å². The van der Waals surface area contributed by atoms with Gasteiger partial charge in [0, 0.05) is 23.2 Å². The minimum Gasteiger partial charge on any atom is -0.383 e. The molecule has 0 spiro atoms. The Hall–Kier alpha value is -1.23. The number of amidine groups is 1. The maximum atomic E-state index is 6.12. The molecule has 4 N–H and O–H groups in total. The second-order valence-corrected chi connectivity index (χ2v) is 4.90. The number of allylic oxidation sites excluding steroid dienone is 1. The van der Waals surface area contributed by atoms with Crippen molar-refractivity contribution in [2.75, 3.05) is 7.05 Å². The van der Waals surface area contributed by atoms with E-state index < -0.39 is 0 Å². The van der Waals surface area contributed by atoms with Gasteiger partial charge in [-0.05, 0) is 19.1 Å². The van der Waals surface area contributed by atoms with Gasteiger partial charge in [0.1, 0.15) is 11.7 Å². The zero-order valence-corrected chi connectivity index (χ0v) is 12.7. The fourth-order valence-corrected chi connectivity index (χ4v) is 2.10. The minimum absolute atomic E-state index is 0.198. The van der Waals surface area contributed by atoms with Crippen LogP contribution in [0.5, 0.6) is 0 Å². The average Bonchev–Trinajstić information content (AvgIpc) is 2.33. The van der Waals surface area contributed by atoms with Crippen molar-refractivity contribution >= 4 is 52.4 Å². The first-order valence-corrected chi connectivity index (χ1v) is 6.37. The molecule has 0 aliphatic rings. The Balaban J connectivity index is 3.33. The molecule has 4 nitrogen and oxygen atoms in total. The summed E-state index contributed by atoms with van der Waals surface area (Å²) in [4.78, 5) is 7.74. The molecule has 19 heavy (non-hydrogen) atoms. The Morgan fingerprint density at radius 2 is 1.84 bits per heavy atom. The number of nitrogens with zero attached hydrogens (tertiary/aromatic N) is 2. The first-order chi connectivity index (χ1) is 8.86. The molecule has 0 saturated heterocycles. The number of halogens is 3. The maximum Gasteiger partial charge on any atom is 0.143 e. The molecular formula is C12H13Cl3N4. The molecule has 0 unspecified atom stereocenters. The Morgan fingerprint density at radius 1 is 1.21 bits per heavy atom. The first-order valence-electron chi connectivity index (χ1n) is 5.24. The van der Waals surface area contributed by atoms with Crippen LogP contribution in [0.3, 0.4) is 0 Å². The van der Waals surface area contributed by atoms with E-state index >= 15 is 0 Å². The number of nitrogens with two attached hydrogens (primary N) is 2. The average molecular weight is 320 g/mol. The lowest BCUT2D eigenvalue weighted by Gasteiger charge is -2.09. The van der Waals surface area contributed by atoms with Gasteiger partial charge < -0.3 is 11.5 Å². The summed E-state index contributed by atoms with van der Waals surface area (Å²) in [5.41, 5.74) is 12.7. The molecule has 1 rings (SSSR count). The lowest BCUT2D eigenvalue weighted by atomic mass is 10.1. The van der Waals surface area contributed by atoms with Gasteiger partial charge in [0.05, 0.1) is 16.3 Å². The third-order valence-electron chi connectivity index (χ3n) is 2.29. The predicted octanol–water partition coefficient (Wildman–Crippen LogP) is 3.35. The van der Waals surface area contributed by atoms with E-state index in [4.69, 9.17) is 46.3 Å². The van der Waals surface area contributed by atoms with Crippen molar-refractivity contribution in [3.05, 3.63) is 38.6 Å². The first kappa shape index (κ1) is 15.8. The Kier molecular flexibility index (Phi) is 5.66. The van der Waals surface area contributed by atoms with Crippen molar-refractivity contribution in [1.82, 2.24) is 0 Å². The Labute approximate surface area is 126 Å². The van der Waals surface area contributed by atoms with Gasteiger partial charge in [0.25, 0.3) is 0 Å². The molecule has 0 amide bonds. The molecule has 0 bridgehead atoms. The highest BCUT2D eigenvalue weighted by Gasteiger charge is 2.11. The molecule has 0 heterocycles. The van der Waals surface area contributed by atoms with Crippen LogP contribution in [0.25, 0.3) is 5.57 Å². The Morgan fingerprint density at radius 3 is 2.42 bits per heavy atom. The summed E-state index contributed by atoms with van der Waals surface area (Å²) in [5.74, 6) is 0.418. The summed E-state index contributed by atoms with van der Waals surface area (Å²) in [7, 11) is 1.59. The smallest absolute Gasteiger partial charge is 0.143 e. The molecule has 102 valence electrons. The van der Waals surface area contributed by atoms with Crippen molar-refractivity contribution in [1.29, 1.82) is 0 Å². The van der Waals surface area contributed by atoms with Crippen LogP contribution in [-0.4, -0.2) is 19.1 Å². The van der Waals surface area contributed by atoms with Crippen molar-refractivity contribution in [3.63, 3.8) is 0 Å². The summed E-state index contributed by atoms with van der Waals surface area (Å²) in [5, 5.41) is 1.18. The number of benzene rings is 1. The summed E-state index contributed by atoms with van der Waals surface area (Å²) >= 11 is 18.0. The van der Waals surface area contributed by atoms with Crippen LogP contribution in [0.1, 0.15) is 12.5 Å². The monoisotopic (exact) mass is 318 g/mol. The van der Waals surface area contributed by atoms with E-state index in [0.29, 0.717) is 26.2 Å². The topological polar surface area (TPSA) is 76.8 Å². The van der Waals surface area contributed by atoms with Crippen LogP contribution in [0.2, 0.25) is 15.1 Å². The molecule has 0 aromatic heterocycles. The zero-order chi connectivity index (χ0) is 14.6. The van der Waals surface area contributed by atoms with Gasteiger partial charge >= 0.3 is 0 Å². The molecule has 0 radical (unpaired) electrons. The van der Waals surface area contributed by atoms with Crippen LogP contribution in [0.4, 0.5) is 0 Å². The van der Waals surface area contributed by atoms with Crippen molar-refractivity contribution < 1.29 is 0 Å². The van der Waals surface area contributed by atoms with E-state index in [1.54, 1.807) is 26.1 Å². The minimum atomic E-state index is 0.198. The number of hydrogen-bond donors (Lipinski definition) is 2. The lowest BCUT2D eigenvalue weighted by Crippen LogP contribution is -2.15. The largest absolute Gasteiger partial charge is 0.383 e. The van der Waals surface area contributed by atoms with E-state index in [0.717, 1.165) is 0 Å². The molecule has 1 aromatic rings. The van der Waals surface area contributed by atoms with Gasteiger partial charge in [0.15, 0.2) is 0 Å². The SMILES string of the molecule is C/N=C/C(N)=N\C(N)=C(/C)c1cc(Cl)cc(Cl)c1Cl. The van der Waals surface area contributed by atoms with Gasteiger partial charge in [-0.1, -0.05) is 34.8 Å². The quantitative estimate of drug-likeness (QED) is 0.509. The number of aliphatic imine (C=N–C) groups is 2. The predicted molar refractivity (Wildman–Crippen MR) is 84.3 cm³/mol. The van der Waals surface area contributed by atoms with Gasteiger partial charge in [-0.25, -0.2) is 4.99 Å². The number of rotatable bonds is 3. The normalized spacial score (nSPS) is 13.8. The summed E-state index contributed by atoms with van der Waals surface area (Å²) < 4.78 is 0. The molecule has 1 aromatic carbocycles. The molecule has 0 aliphatic carbocycles. The van der Waals surface area contributed by atoms with E-state index in [1.807, 2.05) is 0 Å². The van der Waals surface area contributed by atoms with E-state index in [-0.39, 0.29) is 11.7 Å². The third-order valence-corrected chi connectivity index (χ3v) is 3.31. The molecule has 0 fully saturated rings. The zero-order valence-electron chi connectivity index (χ0n) is 10.4. The van der Waals surface area contributed by atoms with Crippen molar-refractivity contribution in [2.24, 2.45) is 21.5 Å². The highest BCUT2D eigenvalue weighted by molar-refractivity contribution is 6.44. The summed E-state index contributed by atoms with van der Waals surface area (Å²) in [6.07, 6.45) is 1.40. The van der Waals surface area contributed by atoms with Crippen LogP contribution in [0.15, 0.2) is 27.9 Å². The third kappa shape index (κ3) is 4.13. The highest BCUT2D eigenvalue weighted by atomic mass is 35.5. The van der Waals surface area contributed by atoms with Crippen molar-refractivity contribution in [3.8, 4) is 0 Å². The fraction of sp³-hybridized carbons (Fsp3) is 0.167. The van der Waals surface area contributed by atoms with Crippen LogP contribution >= 0.6 is 34.8 Å². The summed E-state index contributed by atoms with van der Waals surface area (Å²) in [6, 6.07) is 3.22. The molecule has 0 atom stereocenters. The molecular weight excluding hydrogens is 307 g/mol. The molecule has 0 saturated carbocycles.